The Hall–Kier alpha value is -1.84. The van der Waals surface area contributed by atoms with Crippen LogP contribution in [0.15, 0.2) is 24.3 Å². The van der Waals surface area contributed by atoms with Crippen LogP contribution in [0.5, 0.6) is 0 Å². The van der Waals surface area contributed by atoms with Gasteiger partial charge in [-0.05, 0) is 31.9 Å². The van der Waals surface area contributed by atoms with Gasteiger partial charge in [0.05, 0.1) is 11.8 Å². The zero-order valence-corrected chi connectivity index (χ0v) is 10.6. The molecule has 1 aliphatic carbocycles. The summed E-state index contributed by atoms with van der Waals surface area (Å²) in [6.07, 6.45) is 1.28. The Kier molecular flexibility index (Phi) is 3.36. The van der Waals surface area contributed by atoms with Crippen LogP contribution in [0.25, 0.3) is 0 Å². The summed E-state index contributed by atoms with van der Waals surface area (Å²) in [7, 11) is 1.70. The van der Waals surface area contributed by atoms with Crippen LogP contribution >= 0.6 is 0 Å². The van der Waals surface area contributed by atoms with Crippen LogP contribution in [0.2, 0.25) is 0 Å². The van der Waals surface area contributed by atoms with E-state index in [1.165, 1.54) is 0 Å². The van der Waals surface area contributed by atoms with Gasteiger partial charge in [0, 0.05) is 12.7 Å². The minimum absolute atomic E-state index is 0.0995. The van der Waals surface area contributed by atoms with E-state index in [1.54, 1.807) is 11.9 Å². The third-order valence-corrected chi connectivity index (χ3v) is 3.66. The Morgan fingerprint density at radius 2 is 1.72 bits per heavy atom. The molecule has 0 saturated heterocycles. The van der Waals surface area contributed by atoms with Crippen molar-refractivity contribution in [2.24, 2.45) is 11.8 Å². The largest absolute Gasteiger partial charge is 0.481 e. The van der Waals surface area contributed by atoms with Crippen LogP contribution in [0.1, 0.15) is 18.4 Å². The van der Waals surface area contributed by atoms with Gasteiger partial charge in [-0.3, -0.25) is 9.59 Å². The van der Waals surface area contributed by atoms with Crippen LogP contribution in [-0.4, -0.2) is 24.0 Å². The number of aryl methyl sites for hydroxylation is 1. The highest BCUT2D eigenvalue weighted by atomic mass is 16.4. The van der Waals surface area contributed by atoms with Gasteiger partial charge in [0.15, 0.2) is 0 Å². The average molecular weight is 247 g/mol. The molecule has 0 aromatic heterocycles. The molecule has 0 radical (unpaired) electrons. The van der Waals surface area contributed by atoms with E-state index in [0.717, 1.165) is 11.3 Å². The van der Waals surface area contributed by atoms with Crippen LogP contribution in [0.4, 0.5) is 5.69 Å². The molecule has 0 aliphatic heterocycles. The Labute approximate surface area is 106 Å². The number of hydrogen-bond donors (Lipinski definition) is 1. The lowest BCUT2D eigenvalue weighted by Crippen LogP contribution is -2.44. The lowest BCUT2D eigenvalue weighted by Gasteiger charge is -2.35. The molecule has 96 valence electrons. The van der Waals surface area contributed by atoms with Gasteiger partial charge in [0.1, 0.15) is 0 Å². The van der Waals surface area contributed by atoms with Crippen molar-refractivity contribution < 1.29 is 14.7 Å². The van der Waals surface area contributed by atoms with Crippen LogP contribution in [0, 0.1) is 18.8 Å². The monoisotopic (exact) mass is 247 g/mol. The van der Waals surface area contributed by atoms with Crippen molar-refractivity contribution >= 4 is 17.6 Å². The van der Waals surface area contributed by atoms with Gasteiger partial charge in [-0.2, -0.15) is 0 Å². The molecule has 2 atom stereocenters. The standard InChI is InChI=1S/C14H17NO3/c1-9-3-5-10(6-4-9)15(2)13(16)11-7-8-12(11)14(17)18/h3-6,11-12H,7-8H2,1-2H3,(H,17,18). The molecular formula is C14H17NO3. The highest BCUT2D eigenvalue weighted by Gasteiger charge is 2.42. The van der Waals surface area contributed by atoms with E-state index in [1.807, 2.05) is 31.2 Å². The highest BCUT2D eigenvalue weighted by molar-refractivity contribution is 5.97. The maximum Gasteiger partial charge on any atom is 0.307 e. The predicted molar refractivity (Wildman–Crippen MR) is 68.4 cm³/mol. The molecular weight excluding hydrogens is 230 g/mol. The number of carbonyl (C=O) groups is 2. The molecule has 18 heavy (non-hydrogen) atoms. The number of rotatable bonds is 3. The van der Waals surface area contributed by atoms with Gasteiger partial charge in [0.2, 0.25) is 5.91 Å². The van der Waals surface area contributed by atoms with E-state index in [0.29, 0.717) is 12.8 Å². The van der Waals surface area contributed by atoms with Crippen molar-refractivity contribution in [2.75, 3.05) is 11.9 Å². The number of benzene rings is 1. The molecule has 4 heteroatoms. The molecule has 4 nitrogen and oxygen atoms in total. The first kappa shape index (κ1) is 12.6. The fourth-order valence-corrected chi connectivity index (χ4v) is 2.24. The molecule has 1 N–H and O–H groups in total. The summed E-state index contributed by atoms with van der Waals surface area (Å²) in [6.45, 7) is 1.98. The summed E-state index contributed by atoms with van der Waals surface area (Å²) in [5.41, 5.74) is 1.94. The average Bonchev–Trinajstić information content (AvgIpc) is 2.26. The van der Waals surface area contributed by atoms with Gasteiger partial charge < -0.3 is 10.0 Å². The van der Waals surface area contributed by atoms with Crippen molar-refractivity contribution in [1.82, 2.24) is 0 Å². The van der Waals surface area contributed by atoms with Gasteiger partial charge >= 0.3 is 5.97 Å². The topological polar surface area (TPSA) is 57.6 Å². The van der Waals surface area contributed by atoms with E-state index >= 15 is 0 Å². The van der Waals surface area contributed by atoms with Gasteiger partial charge in [-0.1, -0.05) is 17.7 Å². The fraction of sp³-hybridized carbons (Fsp3) is 0.429. The Balaban J connectivity index is 2.09. The molecule has 1 saturated carbocycles. The van der Waals surface area contributed by atoms with Crippen LogP contribution in [-0.2, 0) is 9.59 Å². The molecule has 0 bridgehead atoms. The first-order chi connectivity index (χ1) is 8.50. The highest BCUT2D eigenvalue weighted by Crippen LogP contribution is 2.36. The van der Waals surface area contributed by atoms with Crippen molar-refractivity contribution in [3.8, 4) is 0 Å². The lowest BCUT2D eigenvalue weighted by atomic mass is 9.73. The SMILES string of the molecule is Cc1ccc(N(C)C(=O)C2CCC2C(=O)O)cc1. The van der Waals surface area contributed by atoms with Crippen LogP contribution < -0.4 is 4.90 Å². The number of nitrogens with zero attached hydrogens (tertiary/aromatic N) is 1. The third-order valence-electron chi connectivity index (χ3n) is 3.66. The molecule has 1 aliphatic rings. The Bertz CT molecular complexity index is 466. The molecule has 1 aromatic rings. The number of amides is 1. The number of anilines is 1. The molecule has 1 amide bonds. The second-order valence-electron chi connectivity index (χ2n) is 4.86. The third kappa shape index (κ3) is 2.23. The van der Waals surface area contributed by atoms with E-state index in [4.69, 9.17) is 5.11 Å². The molecule has 1 fully saturated rings. The molecule has 0 heterocycles. The number of carboxylic acid groups (broad SMARTS) is 1. The first-order valence-electron chi connectivity index (χ1n) is 6.07. The minimum atomic E-state index is -0.864. The molecule has 2 unspecified atom stereocenters. The quantitative estimate of drug-likeness (QED) is 0.889. The minimum Gasteiger partial charge on any atom is -0.481 e. The number of carbonyl (C=O) groups excluding carboxylic acids is 1. The maximum atomic E-state index is 12.2. The predicted octanol–water partition coefficient (Wildman–Crippen LogP) is 2.07. The smallest absolute Gasteiger partial charge is 0.307 e. The molecule has 1 aromatic carbocycles. The van der Waals surface area contributed by atoms with Crippen molar-refractivity contribution in [1.29, 1.82) is 0 Å². The molecule has 0 spiro atoms. The lowest BCUT2D eigenvalue weighted by molar-refractivity contribution is -0.151. The second kappa shape index (κ2) is 4.80. The Morgan fingerprint density at radius 1 is 1.17 bits per heavy atom. The first-order valence-corrected chi connectivity index (χ1v) is 6.07. The van der Waals surface area contributed by atoms with E-state index in [9.17, 15) is 9.59 Å². The van der Waals surface area contributed by atoms with E-state index in [-0.39, 0.29) is 11.8 Å². The summed E-state index contributed by atoms with van der Waals surface area (Å²) in [6, 6.07) is 7.63. The summed E-state index contributed by atoms with van der Waals surface area (Å²) in [5.74, 6) is -1.84. The second-order valence-corrected chi connectivity index (χ2v) is 4.86. The summed E-state index contributed by atoms with van der Waals surface area (Å²) >= 11 is 0. The fourth-order valence-electron chi connectivity index (χ4n) is 2.24. The zero-order valence-electron chi connectivity index (χ0n) is 10.6. The summed E-state index contributed by atoms with van der Waals surface area (Å²) in [4.78, 5) is 24.7. The molecule has 2 rings (SSSR count). The van der Waals surface area contributed by atoms with Crippen molar-refractivity contribution in [2.45, 2.75) is 19.8 Å². The van der Waals surface area contributed by atoms with Gasteiger partial charge in [0.25, 0.3) is 0 Å². The van der Waals surface area contributed by atoms with E-state index in [2.05, 4.69) is 0 Å². The summed E-state index contributed by atoms with van der Waals surface area (Å²) < 4.78 is 0. The Morgan fingerprint density at radius 3 is 2.17 bits per heavy atom. The van der Waals surface area contributed by atoms with Crippen molar-refractivity contribution in [3.05, 3.63) is 29.8 Å². The van der Waals surface area contributed by atoms with Crippen molar-refractivity contribution in [3.63, 3.8) is 0 Å². The number of carboxylic acids is 1. The zero-order chi connectivity index (χ0) is 13.3. The number of aliphatic carboxylic acids is 1. The number of hydrogen-bond acceptors (Lipinski definition) is 2. The normalized spacial score (nSPS) is 22.1. The van der Waals surface area contributed by atoms with E-state index < -0.39 is 11.9 Å². The summed E-state index contributed by atoms with van der Waals surface area (Å²) in [5, 5.41) is 8.97. The van der Waals surface area contributed by atoms with Gasteiger partial charge in [-0.25, -0.2) is 0 Å². The van der Waals surface area contributed by atoms with Crippen LogP contribution in [0.3, 0.4) is 0 Å². The van der Waals surface area contributed by atoms with Gasteiger partial charge in [-0.15, -0.1) is 0 Å². The maximum absolute atomic E-state index is 12.2.